The summed E-state index contributed by atoms with van der Waals surface area (Å²) >= 11 is 5.96. The fourth-order valence-corrected chi connectivity index (χ4v) is 2.87. The van der Waals surface area contributed by atoms with Crippen LogP contribution in [0.4, 0.5) is 5.69 Å². The highest BCUT2D eigenvalue weighted by atomic mass is 35.5. The van der Waals surface area contributed by atoms with E-state index in [1.54, 1.807) is 55.5 Å². The van der Waals surface area contributed by atoms with Gasteiger partial charge in [-0.2, -0.15) is 5.10 Å². The molecule has 0 aliphatic rings. The van der Waals surface area contributed by atoms with Crippen LogP contribution in [0.3, 0.4) is 0 Å². The Labute approximate surface area is 182 Å². The van der Waals surface area contributed by atoms with E-state index in [0.29, 0.717) is 27.5 Å². The second-order valence-electron chi connectivity index (χ2n) is 6.40. The SMILES string of the molecule is Cc1cc(C(=O)Oc2ccc(C=NNC(=O)c3ccccc3Cl)cc2)ccc1[N+](=O)[O-]. The van der Waals surface area contributed by atoms with Crippen LogP contribution in [0.1, 0.15) is 31.8 Å². The lowest BCUT2D eigenvalue weighted by Crippen LogP contribution is -2.17. The Morgan fingerprint density at radius 2 is 1.81 bits per heavy atom. The minimum Gasteiger partial charge on any atom is -0.423 e. The van der Waals surface area contributed by atoms with E-state index in [9.17, 15) is 19.7 Å². The summed E-state index contributed by atoms with van der Waals surface area (Å²) in [4.78, 5) is 34.7. The number of hydrogen-bond acceptors (Lipinski definition) is 6. The number of nitrogens with one attached hydrogen (secondary N) is 1. The highest BCUT2D eigenvalue weighted by molar-refractivity contribution is 6.33. The third-order valence-electron chi connectivity index (χ3n) is 4.22. The molecule has 1 amide bonds. The summed E-state index contributed by atoms with van der Waals surface area (Å²) in [5, 5.41) is 15.1. The van der Waals surface area contributed by atoms with Gasteiger partial charge in [-0.25, -0.2) is 10.2 Å². The lowest BCUT2D eigenvalue weighted by Gasteiger charge is -2.06. The van der Waals surface area contributed by atoms with Crippen molar-refractivity contribution in [2.24, 2.45) is 5.10 Å². The summed E-state index contributed by atoms with van der Waals surface area (Å²) in [6.45, 7) is 1.55. The van der Waals surface area contributed by atoms with Crippen molar-refractivity contribution in [2.45, 2.75) is 6.92 Å². The van der Waals surface area contributed by atoms with Crippen LogP contribution in [0.25, 0.3) is 0 Å². The molecule has 0 bridgehead atoms. The van der Waals surface area contributed by atoms with Gasteiger partial charge in [-0.05, 0) is 61.0 Å². The van der Waals surface area contributed by atoms with E-state index in [2.05, 4.69) is 10.5 Å². The molecule has 156 valence electrons. The summed E-state index contributed by atoms with van der Waals surface area (Å²) < 4.78 is 5.29. The number of carbonyl (C=O) groups excluding carboxylic acids is 2. The first-order valence-electron chi connectivity index (χ1n) is 9.00. The van der Waals surface area contributed by atoms with Gasteiger partial charge in [-0.1, -0.05) is 23.7 Å². The fourth-order valence-electron chi connectivity index (χ4n) is 2.65. The Bertz CT molecular complexity index is 1180. The number of carbonyl (C=O) groups is 2. The highest BCUT2D eigenvalue weighted by Crippen LogP contribution is 2.20. The lowest BCUT2D eigenvalue weighted by atomic mass is 10.1. The third kappa shape index (κ3) is 5.52. The number of rotatable bonds is 6. The number of nitro benzene ring substituents is 1. The van der Waals surface area contributed by atoms with Crippen LogP contribution in [-0.2, 0) is 0 Å². The molecule has 0 spiro atoms. The van der Waals surface area contributed by atoms with Crippen molar-refractivity contribution in [3.63, 3.8) is 0 Å². The first kappa shape index (κ1) is 21.7. The second kappa shape index (κ2) is 9.64. The molecule has 0 heterocycles. The lowest BCUT2D eigenvalue weighted by molar-refractivity contribution is -0.385. The quantitative estimate of drug-likeness (QED) is 0.200. The molecule has 31 heavy (non-hydrogen) atoms. The van der Waals surface area contributed by atoms with Gasteiger partial charge >= 0.3 is 5.97 Å². The van der Waals surface area contributed by atoms with E-state index in [1.165, 1.54) is 24.4 Å². The molecule has 3 aromatic rings. The van der Waals surface area contributed by atoms with Gasteiger partial charge in [0.05, 0.1) is 27.3 Å². The number of hydrogen-bond donors (Lipinski definition) is 1. The molecule has 0 saturated heterocycles. The minimum atomic E-state index is -0.633. The molecule has 3 aromatic carbocycles. The molecule has 0 radical (unpaired) electrons. The van der Waals surface area contributed by atoms with Crippen LogP contribution < -0.4 is 10.2 Å². The van der Waals surface area contributed by atoms with Crippen LogP contribution in [0.15, 0.2) is 71.8 Å². The molecule has 0 aliphatic heterocycles. The standard InChI is InChI=1S/C22H16ClN3O5/c1-14-12-16(8-11-20(14)26(29)30)22(28)31-17-9-6-15(7-10-17)13-24-25-21(27)18-4-2-3-5-19(18)23/h2-13H,1H3,(H,25,27). The summed E-state index contributed by atoms with van der Waals surface area (Å²) in [7, 11) is 0. The Hall–Kier alpha value is -4.04. The predicted molar refractivity (Wildman–Crippen MR) is 116 cm³/mol. The van der Waals surface area contributed by atoms with Crippen LogP contribution in [0, 0.1) is 17.0 Å². The summed E-state index contributed by atoms with van der Waals surface area (Å²) in [6.07, 6.45) is 1.43. The average molecular weight is 438 g/mol. The number of esters is 1. The molecule has 0 aromatic heterocycles. The zero-order valence-electron chi connectivity index (χ0n) is 16.2. The predicted octanol–water partition coefficient (Wildman–Crippen LogP) is 4.54. The van der Waals surface area contributed by atoms with Gasteiger partial charge in [0.1, 0.15) is 5.75 Å². The largest absolute Gasteiger partial charge is 0.423 e. The highest BCUT2D eigenvalue weighted by Gasteiger charge is 2.15. The Morgan fingerprint density at radius 3 is 2.45 bits per heavy atom. The van der Waals surface area contributed by atoms with Crippen molar-refractivity contribution in [2.75, 3.05) is 0 Å². The average Bonchev–Trinajstić information content (AvgIpc) is 2.74. The van der Waals surface area contributed by atoms with Gasteiger partial charge in [0.25, 0.3) is 11.6 Å². The molecule has 9 heteroatoms. The Balaban J connectivity index is 1.60. The molecule has 8 nitrogen and oxygen atoms in total. The molecule has 1 N–H and O–H groups in total. The van der Waals surface area contributed by atoms with Crippen LogP contribution in [0.2, 0.25) is 5.02 Å². The molecular formula is C22H16ClN3O5. The van der Waals surface area contributed by atoms with Crippen molar-refractivity contribution >= 4 is 35.4 Å². The minimum absolute atomic E-state index is 0.0678. The van der Waals surface area contributed by atoms with Gasteiger partial charge < -0.3 is 4.74 Å². The number of halogens is 1. The van der Waals surface area contributed by atoms with Crippen LogP contribution in [-0.4, -0.2) is 23.0 Å². The zero-order chi connectivity index (χ0) is 22.4. The number of aryl methyl sites for hydroxylation is 1. The first-order valence-corrected chi connectivity index (χ1v) is 9.38. The zero-order valence-corrected chi connectivity index (χ0v) is 17.0. The van der Waals surface area contributed by atoms with E-state index in [1.807, 2.05) is 0 Å². The molecular weight excluding hydrogens is 422 g/mol. The number of nitrogens with zero attached hydrogens (tertiary/aromatic N) is 2. The topological polar surface area (TPSA) is 111 Å². The van der Waals surface area contributed by atoms with Gasteiger partial charge in [0, 0.05) is 11.6 Å². The van der Waals surface area contributed by atoms with Crippen LogP contribution in [0.5, 0.6) is 5.75 Å². The summed E-state index contributed by atoms with van der Waals surface area (Å²) in [5.74, 6) is -0.782. The van der Waals surface area contributed by atoms with Crippen molar-refractivity contribution in [1.82, 2.24) is 5.43 Å². The molecule has 3 rings (SSSR count). The third-order valence-corrected chi connectivity index (χ3v) is 4.55. The smallest absolute Gasteiger partial charge is 0.343 e. The van der Waals surface area contributed by atoms with Crippen molar-refractivity contribution in [3.8, 4) is 5.75 Å². The van der Waals surface area contributed by atoms with Crippen molar-refractivity contribution < 1.29 is 19.2 Å². The second-order valence-corrected chi connectivity index (χ2v) is 6.80. The van der Waals surface area contributed by atoms with Crippen LogP contribution >= 0.6 is 11.6 Å². The number of amides is 1. The van der Waals surface area contributed by atoms with E-state index in [0.717, 1.165) is 0 Å². The maximum absolute atomic E-state index is 12.3. The molecule has 0 unspecified atom stereocenters. The molecule has 0 atom stereocenters. The first-order chi connectivity index (χ1) is 14.8. The normalized spacial score (nSPS) is 10.6. The van der Waals surface area contributed by atoms with E-state index in [-0.39, 0.29) is 11.3 Å². The Morgan fingerprint density at radius 1 is 1.10 bits per heavy atom. The number of ether oxygens (including phenoxy) is 1. The van der Waals surface area contributed by atoms with Gasteiger partial charge in [-0.3, -0.25) is 14.9 Å². The van der Waals surface area contributed by atoms with E-state index >= 15 is 0 Å². The number of nitro groups is 1. The number of benzene rings is 3. The van der Waals surface area contributed by atoms with E-state index in [4.69, 9.17) is 16.3 Å². The van der Waals surface area contributed by atoms with Gasteiger partial charge in [0.2, 0.25) is 0 Å². The maximum Gasteiger partial charge on any atom is 0.343 e. The van der Waals surface area contributed by atoms with Gasteiger partial charge in [0.15, 0.2) is 0 Å². The molecule has 0 aliphatic carbocycles. The Kier molecular flexibility index (Phi) is 6.74. The molecule has 0 fully saturated rings. The monoisotopic (exact) mass is 437 g/mol. The summed E-state index contributed by atoms with van der Waals surface area (Å²) in [5.41, 5.74) is 3.86. The fraction of sp³-hybridized carbons (Fsp3) is 0.0455. The van der Waals surface area contributed by atoms with Crippen molar-refractivity contribution in [3.05, 3.63) is 104 Å². The maximum atomic E-state index is 12.3. The molecule has 0 saturated carbocycles. The summed E-state index contributed by atoms with van der Waals surface area (Å²) in [6, 6.07) is 17.1. The number of hydrazone groups is 1. The van der Waals surface area contributed by atoms with E-state index < -0.39 is 16.8 Å². The van der Waals surface area contributed by atoms with Gasteiger partial charge in [-0.15, -0.1) is 0 Å². The van der Waals surface area contributed by atoms with Crippen molar-refractivity contribution in [1.29, 1.82) is 0 Å².